The van der Waals surface area contributed by atoms with E-state index in [-0.39, 0.29) is 5.91 Å². The molecule has 0 aliphatic heterocycles. The molecule has 0 aromatic carbocycles. The Morgan fingerprint density at radius 3 is 3.00 bits per heavy atom. The molecule has 5 nitrogen and oxygen atoms in total. The Bertz CT molecular complexity index is 308. The fraction of sp³-hybridized carbons (Fsp3) is 0.556. The summed E-state index contributed by atoms with van der Waals surface area (Å²) in [6, 6.07) is 1.71. The van der Waals surface area contributed by atoms with E-state index in [4.69, 9.17) is 5.73 Å². The number of aromatic nitrogens is 2. The highest BCUT2D eigenvalue weighted by Crippen LogP contribution is 1.97. The molecule has 78 valence electrons. The molecule has 1 unspecified atom stereocenters. The SMILES string of the molecule is Cc1cc(C(=O)NCC(C)CN)n[nH]1. The van der Waals surface area contributed by atoms with E-state index in [1.54, 1.807) is 6.07 Å². The smallest absolute Gasteiger partial charge is 0.271 e. The third-order valence-electron chi connectivity index (χ3n) is 1.95. The van der Waals surface area contributed by atoms with Crippen LogP contribution in [0.15, 0.2) is 6.07 Å². The van der Waals surface area contributed by atoms with Crippen molar-refractivity contribution in [1.29, 1.82) is 0 Å². The van der Waals surface area contributed by atoms with E-state index in [1.165, 1.54) is 0 Å². The fourth-order valence-corrected chi connectivity index (χ4v) is 0.975. The summed E-state index contributed by atoms with van der Waals surface area (Å²) in [7, 11) is 0. The predicted molar refractivity (Wildman–Crippen MR) is 53.9 cm³/mol. The molecule has 14 heavy (non-hydrogen) atoms. The fourth-order valence-electron chi connectivity index (χ4n) is 0.975. The van der Waals surface area contributed by atoms with E-state index >= 15 is 0 Å². The third-order valence-corrected chi connectivity index (χ3v) is 1.95. The Hall–Kier alpha value is -1.36. The summed E-state index contributed by atoms with van der Waals surface area (Å²) in [6.07, 6.45) is 0. The van der Waals surface area contributed by atoms with Crippen molar-refractivity contribution in [2.75, 3.05) is 13.1 Å². The predicted octanol–water partition coefficient (Wildman–Crippen LogP) is 0.0427. The van der Waals surface area contributed by atoms with Crippen LogP contribution in [-0.4, -0.2) is 29.2 Å². The van der Waals surface area contributed by atoms with Crippen LogP contribution < -0.4 is 11.1 Å². The number of carbonyl (C=O) groups is 1. The van der Waals surface area contributed by atoms with Gasteiger partial charge in [-0.15, -0.1) is 0 Å². The van der Waals surface area contributed by atoms with Crippen molar-refractivity contribution in [2.24, 2.45) is 11.7 Å². The average molecular weight is 196 g/mol. The van der Waals surface area contributed by atoms with E-state index in [0.717, 1.165) is 5.69 Å². The summed E-state index contributed by atoms with van der Waals surface area (Å²) in [4.78, 5) is 11.4. The van der Waals surface area contributed by atoms with Crippen LogP contribution in [-0.2, 0) is 0 Å². The molecule has 0 fully saturated rings. The van der Waals surface area contributed by atoms with Gasteiger partial charge in [-0.25, -0.2) is 0 Å². The zero-order valence-corrected chi connectivity index (χ0v) is 8.50. The number of rotatable bonds is 4. The molecule has 0 radical (unpaired) electrons. The van der Waals surface area contributed by atoms with Crippen molar-refractivity contribution >= 4 is 5.91 Å². The van der Waals surface area contributed by atoms with Crippen molar-refractivity contribution in [2.45, 2.75) is 13.8 Å². The number of amides is 1. The highest BCUT2D eigenvalue weighted by atomic mass is 16.1. The number of nitrogens with zero attached hydrogens (tertiary/aromatic N) is 1. The highest BCUT2D eigenvalue weighted by Gasteiger charge is 2.09. The van der Waals surface area contributed by atoms with Gasteiger partial charge in [-0.2, -0.15) is 5.10 Å². The second kappa shape index (κ2) is 4.76. The molecule has 1 aromatic rings. The first-order valence-electron chi connectivity index (χ1n) is 4.63. The number of aromatic amines is 1. The molecule has 5 heteroatoms. The number of H-pyrrole nitrogens is 1. The maximum absolute atomic E-state index is 11.4. The van der Waals surface area contributed by atoms with E-state index in [9.17, 15) is 4.79 Å². The van der Waals surface area contributed by atoms with E-state index in [1.807, 2.05) is 13.8 Å². The number of hydrogen-bond donors (Lipinski definition) is 3. The molecule has 0 saturated carbocycles. The van der Waals surface area contributed by atoms with E-state index < -0.39 is 0 Å². The Morgan fingerprint density at radius 2 is 2.50 bits per heavy atom. The average Bonchev–Trinajstić information content (AvgIpc) is 2.60. The minimum absolute atomic E-state index is 0.158. The van der Waals surface area contributed by atoms with Crippen LogP contribution >= 0.6 is 0 Å². The van der Waals surface area contributed by atoms with E-state index in [0.29, 0.717) is 24.7 Å². The molecule has 0 bridgehead atoms. The molecule has 1 amide bonds. The standard InChI is InChI=1S/C9H16N4O/c1-6(4-10)5-11-9(14)8-3-7(2)12-13-8/h3,6H,4-5,10H2,1-2H3,(H,11,14)(H,12,13). The van der Waals surface area contributed by atoms with E-state index in [2.05, 4.69) is 15.5 Å². The van der Waals surface area contributed by atoms with Gasteiger partial charge >= 0.3 is 0 Å². The summed E-state index contributed by atoms with van der Waals surface area (Å²) >= 11 is 0. The van der Waals surface area contributed by atoms with Crippen molar-refractivity contribution in [3.8, 4) is 0 Å². The Labute approximate surface area is 83.1 Å². The molecule has 1 aromatic heterocycles. The first-order chi connectivity index (χ1) is 6.63. The highest BCUT2D eigenvalue weighted by molar-refractivity contribution is 5.92. The lowest BCUT2D eigenvalue weighted by atomic mass is 10.2. The quantitative estimate of drug-likeness (QED) is 0.636. The molecule has 1 atom stereocenters. The van der Waals surface area contributed by atoms with Crippen LogP contribution in [0.2, 0.25) is 0 Å². The summed E-state index contributed by atoms with van der Waals surface area (Å²) in [5.41, 5.74) is 6.73. The summed E-state index contributed by atoms with van der Waals surface area (Å²) in [5, 5.41) is 9.33. The summed E-state index contributed by atoms with van der Waals surface area (Å²) in [6.45, 7) is 4.99. The van der Waals surface area contributed by atoms with Crippen molar-refractivity contribution < 1.29 is 4.79 Å². The third kappa shape index (κ3) is 2.85. The van der Waals surface area contributed by atoms with Gasteiger partial charge in [0, 0.05) is 12.2 Å². The zero-order valence-electron chi connectivity index (χ0n) is 8.50. The number of nitrogens with one attached hydrogen (secondary N) is 2. The zero-order chi connectivity index (χ0) is 10.6. The lowest BCUT2D eigenvalue weighted by molar-refractivity contribution is 0.0943. The first kappa shape index (κ1) is 10.7. The van der Waals surface area contributed by atoms with Crippen molar-refractivity contribution in [3.63, 3.8) is 0 Å². The van der Waals surface area contributed by atoms with Gasteiger partial charge < -0.3 is 11.1 Å². The van der Waals surface area contributed by atoms with Crippen LogP contribution in [0, 0.1) is 12.8 Å². The molecular formula is C9H16N4O. The maximum atomic E-state index is 11.4. The van der Waals surface area contributed by atoms with Crippen molar-refractivity contribution in [1.82, 2.24) is 15.5 Å². The Kier molecular flexibility index (Phi) is 3.64. The van der Waals surface area contributed by atoms with Gasteiger partial charge in [-0.1, -0.05) is 6.92 Å². The second-order valence-corrected chi connectivity index (χ2v) is 3.49. The van der Waals surface area contributed by atoms with Crippen LogP contribution in [0.1, 0.15) is 23.1 Å². The first-order valence-corrected chi connectivity index (χ1v) is 4.63. The molecule has 0 aliphatic carbocycles. The van der Waals surface area contributed by atoms with Gasteiger partial charge in [-0.3, -0.25) is 9.89 Å². The normalized spacial score (nSPS) is 12.5. The number of nitrogens with two attached hydrogens (primary N) is 1. The molecule has 4 N–H and O–H groups in total. The molecule has 0 aliphatic rings. The summed E-state index contributed by atoms with van der Waals surface area (Å²) < 4.78 is 0. The molecule has 0 saturated heterocycles. The molecule has 0 spiro atoms. The van der Waals surface area contributed by atoms with Crippen LogP contribution in [0.25, 0.3) is 0 Å². The maximum Gasteiger partial charge on any atom is 0.271 e. The summed E-state index contributed by atoms with van der Waals surface area (Å²) in [5.74, 6) is 0.133. The van der Waals surface area contributed by atoms with Crippen LogP contribution in [0.5, 0.6) is 0 Å². The number of hydrogen-bond acceptors (Lipinski definition) is 3. The van der Waals surface area contributed by atoms with Crippen LogP contribution in [0.4, 0.5) is 0 Å². The van der Waals surface area contributed by atoms with Gasteiger partial charge in [-0.05, 0) is 25.5 Å². The molecule has 1 heterocycles. The van der Waals surface area contributed by atoms with Gasteiger partial charge in [0.1, 0.15) is 5.69 Å². The van der Waals surface area contributed by atoms with Gasteiger partial charge in [0.05, 0.1) is 0 Å². The number of aryl methyl sites for hydroxylation is 1. The van der Waals surface area contributed by atoms with Gasteiger partial charge in [0.15, 0.2) is 0 Å². The Morgan fingerprint density at radius 1 is 1.79 bits per heavy atom. The lowest BCUT2D eigenvalue weighted by Crippen LogP contribution is -2.31. The van der Waals surface area contributed by atoms with Gasteiger partial charge in [0.25, 0.3) is 5.91 Å². The molecule has 1 rings (SSSR count). The lowest BCUT2D eigenvalue weighted by Gasteiger charge is -2.08. The number of carbonyl (C=O) groups excluding carboxylic acids is 1. The van der Waals surface area contributed by atoms with Gasteiger partial charge in [0.2, 0.25) is 0 Å². The van der Waals surface area contributed by atoms with Crippen LogP contribution in [0.3, 0.4) is 0 Å². The topological polar surface area (TPSA) is 83.8 Å². The largest absolute Gasteiger partial charge is 0.350 e. The molecular weight excluding hydrogens is 180 g/mol. The van der Waals surface area contributed by atoms with Crippen molar-refractivity contribution in [3.05, 3.63) is 17.5 Å². The minimum atomic E-state index is -0.158. The second-order valence-electron chi connectivity index (χ2n) is 3.49. The minimum Gasteiger partial charge on any atom is -0.350 e. The monoisotopic (exact) mass is 196 g/mol. The Balaban J connectivity index is 2.43.